The average Bonchev–Trinajstić information content (AvgIpc) is 2.12. The molecule has 0 amide bonds. The summed E-state index contributed by atoms with van der Waals surface area (Å²) < 4.78 is 0.789. The molecule has 5 heteroatoms. The van der Waals surface area contributed by atoms with Crippen molar-refractivity contribution in [3.05, 3.63) is 31.3 Å². The van der Waals surface area contributed by atoms with Gasteiger partial charge in [0, 0.05) is 3.57 Å². The Bertz CT molecular complexity index is 351. The van der Waals surface area contributed by atoms with Gasteiger partial charge in [0.15, 0.2) is 5.78 Å². The van der Waals surface area contributed by atoms with Crippen LogP contribution < -0.4 is 0 Å². The highest BCUT2D eigenvalue weighted by molar-refractivity contribution is 14.1. The highest BCUT2D eigenvalue weighted by Gasteiger charge is 2.15. The van der Waals surface area contributed by atoms with E-state index >= 15 is 0 Å². The molecule has 0 heterocycles. The number of hydrogen-bond donors (Lipinski definition) is 0. The molecule has 0 atom stereocenters. The Morgan fingerprint density at radius 2 is 2.00 bits per heavy atom. The summed E-state index contributed by atoms with van der Waals surface area (Å²) >= 11 is 19.2. The number of halogens is 4. The molecule has 1 rings (SSSR count). The summed E-state index contributed by atoms with van der Waals surface area (Å²) in [5.41, 5.74) is 0.310. The maximum absolute atomic E-state index is 11.3. The lowest BCUT2D eigenvalue weighted by atomic mass is 10.1. The second-order valence-corrected chi connectivity index (χ2v) is 4.49. The van der Waals surface area contributed by atoms with Gasteiger partial charge in [-0.2, -0.15) is 0 Å². The molecular formula is C8H4Cl3IO. The minimum Gasteiger partial charge on any atom is -0.293 e. The fraction of sp³-hybridized carbons (Fsp3) is 0.125. The van der Waals surface area contributed by atoms with Crippen LogP contribution >= 0.6 is 57.4 Å². The summed E-state index contributed by atoms with van der Waals surface area (Å²) in [6, 6.07) is 3.38. The molecule has 0 aliphatic carbocycles. The number of ketones is 1. The predicted molar refractivity (Wildman–Crippen MR) is 64.2 cm³/mol. The van der Waals surface area contributed by atoms with Gasteiger partial charge in [-0.1, -0.05) is 23.2 Å². The van der Waals surface area contributed by atoms with Crippen molar-refractivity contribution >= 4 is 63.2 Å². The third kappa shape index (κ3) is 2.49. The van der Waals surface area contributed by atoms with Crippen molar-refractivity contribution in [1.29, 1.82) is 0 Å². The van der Waals surface area contributed by atoms with E-state index in [1.54, 1.807) is 12.1 Å². The van der Waals surface area contributed by atoms with Crippen molar-refractivity contribution in [3.8, 4) is 0 Å². The van der Waals surface area contributed by atoms with Crippen molar-refractivity contribution < 1.29 is 4.79 Å². The van der Waals surface area contributed by atoms with Crippen LogP contribution in [-0.4, -0.2) is 11.7 Å². The molecule has 1 aromatic rings. The molecule has 0 aliphatic rings. The van der Waals surface area contributed by atoms with Gasteiger partial charge in [0.05, 0.1) is 21.5 Å². The number of alkyl halides is 1. The first-order valence-electron chi connectivity index (χ1n) is 3.30. The smallest absolute Gasteiger partial charge is 0.180 e. The zero-order chi connectivity index (χ0) is 10.0. The number of carbonyl (C=O) groups excluding carboxylic acids is 1. The minimum absolute atomic E-state index is 0.112. The first-order chi connectivity index (χ1) is 6.07. The molecule has 70 valence electrons. The Hall–Kier alpha value is 0.490. The summed E-state index contributed by atoms with van der Waals surface area (Å²) in [7, 11) is 0. The maximum atomic E-state index is 11.3. The molecule has 0 saturated carbocycles. The highest BCUT2D eigenvalue weighted by Crippen LogP contribution is 2.29. The quantitative estimate of drug-likeness (QED) is 0.341. The lowest BCUT2D eigenvalue weighted by Crippen LogP contribution is -2.03. The van der Waals surface area contributed by atoms with Gasteiger partial charge in [0.2, 0.25) is 0 Å². The molecule has 1 nitrogen and oxygen atoms in total. The Morgan fingerprint density at radius 3 is 2.54 bits per heavy atom. The number of benzene rings is 1. The van der Waals surface area contributed by atoms with Gasteiger partial charge in [-0.05, 0) is 34.7 Å². The lowest BCUT2D eigenvalue weighted by molar-refractivity contribution is 0.102. The van der Waals surface area contributed by atoms with E-state index in [1.165, 1.54) is 0 Å². The third-order valence-corrected chi connectivity index (χ3v) is 3.61. The molecule has 0 radical (unpaired) electrons. The topological polar surface area (TPSA) is 17.1 Å². The van der Waals surface area contributed by atoms with Crippen LogP contribution in [0.1, 0.15) is 10.4 Å². The highest BCUT2D eigenvalue weighted by atomic mass is 127. The first-order valence-corrected chi connectivity index (χ1v) is 5.67. The van der Waals surface area contributed by atoms with Crippen molar-refractivity contribution in [2.75, 3.05) is 5.88 Å². The Kier molecular flexibility index (Phi) is 4.29. The molecule has 0 spiro atoms. The van der Waals surface area contributed by atoms with Crippen LogP contribution in [0.25, 0.3) is 0 Å². The molecule has 13 heavy (non-hydrogen) atoms. The van der Waals surface area contributed by atoms with E-state index in [9.17, 15) is 4.79 Å². The molecule has 0 N–H and O–H groups in total. The molecule has 0 fully saturated rings. The summed E-state index contributed by atoms with van der Waals surface area (Å²) in [4.78, 5) is 11.3. The molecule has 0 saturated heterocycles. The number of hydrogen-bond acceptors (Lipinski definition) is 1. The minimum atomic E-state index is -0.254. The van der Waals surface area contributed by atoms with Crippen LogP contribution in [0.2, 0.25) is 10.0 Å². The number of carbonyl (C=O) groups is 1. The maximum Gasteiger partial charge on any atom is 0.180 e. The van der Waals surface area contributed by atoms with Crippen molar-refractivity contribution in [2.24, 2.45) is 0 Å². The molecular weight excluding hydrogens is 345 g/mol. The van der Waals surface area contributed by atoms with Crippen molar-refractivity contribution in [2.45, 2.75) is 0 Å². The Balaban J connectivity index is 3.33. The van der Waals surface area contributed by atoms with Crippen LogP contribution in [0.15, 0.2) is 12.1 Å². The summed E-state index contributed by atoms with van der Waals surface area (Å²) in [5, 5.41) is 0.717. The number of Topliss-reactive ketones (excluding diaryl/α,β-unsaturated/α-hetero) is 1. The molecule has 0 bridgehead atoms. The predicted octanol–water partition coefficient (Wildman–Crippen LogP) is 4.02. The third-order valence-electron chi connectivity index (χ3n) is 1.44. The van der Waals surface area contributed by atoms with Crippen LogP contribution in [0, 0.1) is 3.57 Å². The van der Waals surface area contributed by atoms with E-state index in [0.29, 0.717) is 15.6 Å². The SMILES string of the molecule is O=C(CCl)c1c(Cl)ccc(I)c1Cl. The fourth-order valence-corrected chi connectivity index (χ4v) is 2.01. The van der Waals surface area contributed by atoms with Gasteiger partial charge in [0.1, 0.15) is 0 Å². The van der Waals surface area contributed by atoms with E-state index in [2.05, 4.69) is 0 Å². The first kappa shape index (κ1) is 11.6. The molecule has 0 unspecified atom stereocenters. The molecule has 1 aromatic carbocycles. The van der Waals surface area contributed by atoms with Crippen LogP contribution in [0.5, 0.6) is 0 Å². The molecule has 0 aromatic heterocycles. The van der Waals surface area contributed by atoms with E-state index in [4.69, 9.17) is 34.8 Å². The largest absolute Gasteiger partial charge is 0.293 e. The Labute approximate surface area is 104 Å². The standard InChI is InChI=1S/C8H4Cl3IO/c9-3-6(13)7-4(10)1-2-5(12)8(7)11/h1-2H,3H2. The van der Waals surface area contributed by atoms with Gasteiger partial charge in [-0.15, -0.1) is 11.6 Å². The average molecular weight is 349 g/mol. The lowest BCUT2D eigenvalue weighted by Gasteiger charge is -2.05. The van der Waals surface area contributed by atoms with E-state index < -0.39 is 0 Å². The van der Waals surface area contributed by atoms with Crippen LogP contribution in [0.3, 0.4) is 0 Å². The normalized spacial score (nSPS) is 10.2. The van der Waals surface area contributed by atoms with E-state index in [0.717, 1.165) is 3.57 Å². The van der Waals surface area contributed by atoms with Gasteiger partial charge in [0.25, 0.3) is 0 Å². The second kappa shape index (κ2) is 4.82. The van der Waals surface area contributed by atoms with Crippen molar-refractivity contribution in [3.63, 3.8) is 0 Å². The van der Waals surface area contributed by atoms with Crippen LogP contribution in [0.4, 0.5) is 0 Å². The van der Waals surface area contributed by atoms with Gasteiger partial charge < -0.3 is 0 Å². The van der Waals surface area contributed by atoms with Gasteiger partial charge in [-0.3, -0.25) is 4.79 Å². The van der Waals surface area contributed by atoms with Gasteiger partial charge in [-0.25, -0.2) is 0 Å². The van der Waals surface area contributed by atoms with E-state index in [1.807, 2.05) is 22.6 Å². The zero-order valence-electron chi connectivity index (χ0n) is 6.28. The van der Waals surface area contributed by atoms with Crippen LogP contribution in [-0.2, 0) is 0 Å². The van der Waals surface area contributed by atoms with Gasteiger partial charge >= 0.3 is 0 Å². The summed E-state index contributed by atoms with van der Waals surface area (Å²) in [5.74, 6) is -0.366. The Morgan fingerprint density at radius 1 is 1.38 bits per heavy atom. The fourth-order valence-electron chi connectivity index (χ4n) is 0.849. The van der Waals surface area contributed by atoms with Crippen molar-refractivity contribution in [1.82, 2.24) is 0 Å². The number of rotatable bonds is 2. The zero-order valence-corrected chi connectivity index (χ0v) is 10.7. The summed E-state index contributed by atoms with van der Waals surface area (Å²) in [6.07, 6.45) is 0. The second-order valence-electron chi connectivity index (χ2n) is 2.27. The summed E-state index contributed by atoms with van der Waals surface area (Å²) in [6.45, 7) is 0. The van der Waals surface area contributed by atoms with E-state index in [-0.39, 0.29) is 11.7 Å². The monoisotopic (exact) mass is 348 g/mol. The molecule has 0 aliphatic heterocycles.